The van der Waals surface area contributed by atoms with E-state index in [9.17, 15) is 9.59 Å². The van der Waals surface area contributed by atoms with E-state index in [0.29, 0.717) is 12.0 Å². The molecule has 1 aromatic heterocycles. The molecule has 1 amide bonds. The van der Waals surface area contributed by atoms with Crippen molar-refractivity contribution in [3.8, 4) is 0 Å². The lowest BCUT2D eigenvalue weighted by molar-refractivity contribution is 0.0174. The van der Waals surface area contributed by atoms with E-state index in [4.69, 9.17) is 9.15 Å². The third-order valence-electron chi connectivity index (χ3n) is 4.06. The Hall–Kier alpha value is -2.04. The summed E-state index contributed by atoms with van der Waals surface area (Å²) in [4.78, 5) is 25.0. The average molecular weight is 303 g/mol. The van der Waals surface area contributed by atoms with E-state index in [1.807, 2.05) is 31.7 Å². The molecule has 1 fully saturated rings. The summed E-state index contributed by atoms with van der Waals surface area (Å²) >= 11 is 0. The van der Waals surface area contributed by atoms with E-state index in [0.717, 1.165) is 30.6 Å². The van der Waals surface area contributed by atoms with Crippen LogP contribution in [0, 0.1) is 0 Å². The SMILES string of the molecule is CC(C)(C)OC(=O)N1C2C=C(c3ccc(C=O)o3)CC1CC2. The van der Waals surface area contributed by atoms with Crippen LogP contribution >= 0.6 is 0 Å². The van der Waals surface area contributed by atoms with Crippen LogP contribution in [0.15, 0.2) is 22.6 Å². The molecule has 0 radical (unpaired) electrons. The van der Waals surface area contributed by atoms with Crippen LogP contribution in [0.1, 0.15) is 56.3 Å². The number of ether oxygens (including phenoxy) is 1. The van der Waals surface area contributed by atoms with Crippen LogP contribution in [0.25, 0.3) is 5.57 Å². The molecule has 0 spiro atoms. The van der Waals surface area contributed by atoms with Crippen molar-refractivity contribution >= 4 is 18.0 Å². The van der Waals surface area contributed by atoms with Gasteiger partial charge in [0, 0.05) is 6.04 Å². The van der Waals surface area contributed by atoms with Gasteiger partial charge in [0.1, 0.15) is 11.4 Å². The number of amides is 1. The molecule has 0 saturated carbocycles. The van der Waals surface area contributed by atoms with Gasteiger partial charge in [0.05, 0.1) is 6.04 Å². The number of fused-ring (bicyclic) bond motifs is 2. The predicted molar refractivity (Wildman–Crippen MR) is 81.6 cm³/mol. The summed E-state index contributed by atoms with van der Waals surface area (Å²) in [7, 11) is 0. The Labute approximate surface area is 129 Å². The Balaban J connectivity index is 1.80. The molecule has 2 aliphatic rings. The van der Waals surface area contributed by atoms with E-state index in [1.165, 1.54) is 0 Å². The molecule has 22 heavy (non-hydrogen) atoms. The summed E-state index contributed by atoms with van der Waals surface area (Å²) in [6.45, 7) is 5.63. The maximum absolute atomic E-state index is 12.4. The molecule has 3 rings (SSSR count). The van der Waals surface area contributed by atoms with Gasteiger partial charge in [-0.05, 0) is 57.7 Å². The summed E-state index contributed by atoms with van der Waals surface area (Å²) in [5.74, 6) is 1.06. The summed E-state index contributed by atoms with van der Waals surface area (Å²) in [5, 5.41) is 0. The van der Waals surface area contributed by atoms with E-state index >= 15 is 0 Å². The number of carbonyl (C=O) groups excluding carboxylic acids is 2. The molecule has 1 saturated heterocycles. The van der Waals surface area contributed by atoms with Gasteiger partial charge >= 0.3 is 6.09 Å². The molecular weight excluding hydrogens is 282 g/mol. The van der Waals surface area contributed by atoms with Crippen molar-refractivity contribution in [2.45, 2.75) is 57.7 Å². The molecule has 2 aliphatic heterocycles. The molecule has 0 N–H and O–H groups in total. The molecule has 3 heterocycles. The van der Waals surface area contributed by atoms with Gasteiger partial charge < -0.3 is 9.15 Å². The summed E-state index contributed by atoms with van der Waals surface area (Å²) < 4.78 is 11.0. The third kappa shape index (κ3) is 2.80. The van der Waals surface area contributed by atoms with Crippen LogP contribution in [0.4, 0.5) is 4.79 Å². The van der Waals surface area contributed by atoms with Gasteiger partial charge in [0.2, 0.25) is 0 Å². The molecule has 5 heteroatoms. The van der Waals surface area contributed by atoms with E-state index < -0.39 is 5.60 Å². The fourth-order valence-electron chi connectivity index (χ4n) is 3.20. The highest BCUT2D eigenvalue weighted by Gasteiger charge is 2.42. The topological polar surface area (TPSA) is 59.8 Å². The first-order valence-electron chi connectivity index (χ1n) is 7.65. The minimum Gasteiger partial charge on any atom is -0.454 e. The lowest BCUT2D eigenvalue weighted by Gasteiger charge is -2.35. The standard InChI is InChI=1S/C17H21NO4/c1-17(2,3)22-16(20)18-12-4-5-13(18)9-11(8-12)15-7-6-14(10-19)21-15/h6-8,10,12-13H,4-5,9H2,1-3H3. The van der Waals surface area contributed by atoms with Gasteiger partial charge in [-0.2, -0.15) is 0 Å². The smallest absolute Gasteiger partial charge is 0.411 e. The molecule has 2 bridgehead atoms. The highest BCUT2D eigenvalue weighted by Crippen LogP contribution is 2.39. The van der Waals surface area contributed by atoms with Crippen LogP contribution in [0.5, 0.6) is 0 Å². The first-order valence-corrected chi connectivity index (χ1v) is 7.65. The van der Waals surface area contributed by atoms with Crippen LogP contribution in [-0.4, -0.2) is 35.0 Å². The first-order chi connectivity index (χ1) is 10.4. The number of rotatable bonds is 2. The van der Waals surface area contributed by atoms with E-state index in [-0.39, 0.29) is 18.2 Å². The second kappa shape index (κ2) is 5.30. The predicted octanol–water partition coefficient (Wildman–Crippen LogP) is 3.65. The molecule has 0 aromatic carbocycles. The van der Waals surface area contributed by atoms with Crippen LogP contribution in [0.3, 0.4) is 0 Å². The Morgan fingerprint density at radius 1 is 1.36 bits per heavy atom. The number of carbonyl (C=O) groups is 2. The second-order valence-electron chi connectivity index (χ2n) is 6.90. The zero-order valence-corrected chi connectivity index (χ0v) is 13.2. The average Bonchev–Trinajstić information content (AvgIpc) is 3.00. The molecule has 118 valence electrons. The second-order valence-corrected chi connectivity index (χ2v) is 6.90. The Morgan fingerprint density at radius 3 is 2.73 bits per heavy atom. The van der Waals surface area contributed by atoms with Gasteiger partial charge in [-0.15, -0.1) is 0 Å². The Kier molecular flexibility index (Phi) is 3.59. The molecule has 2 unspecified atom stereocenters. The van der Waals surface area contributed by atoms with Gasteiger partial charge in [-0.25, -0.2) is 4.79 Å². The minimum atomic E-state index is -0.486. The number of hydrogen-bond acceptors (Lipinski definition) is 4. The van der Waals surface area contributed by atoms with Gasteiger partial charge in [0.25, 0.3) is 0 Å². The van der Waals surface area contributed by atoms with Crippen LogP contribution < -0.4 is 0 Å². The van der Waals surface area contributed by atoms with Gasteiger partial charge in [0.15, 0.2) is 12.0 Å². The monoisotopic (exact) mass is 303 g/mol. The number of hydrogen-bond donors (Lipinski definition) is 0. The highest BCUT2D eigenvalue weighted by molar-refractivity contribution is 5.76. The highest BCUT2D eigenvalue weighted by atomic mass is 16.6. The minimum absolute atomic E-state index is 0.0494. The van der Waals surface area contributed by atoms with Crippen molar-refractivity contribution in [3.63, 3.8) is 0 Å². The summed E-state index contributed by atoms with van der Waals surface area (Å²) in [5.41, 5.74) is 0.584. The zero-order chi connectivity index (χ0) is 15.9. The number of aldehydes is 1. The normalized spacial score (nSPS) is 24.1. The largest absolute Gasteiger partial charge is 0.454 e. The number of nitrogens with zero attached hydrogens (tertiary/aromatic N) is 1. The molecule has 2 atom stereocenters. The summed E-state index contributed by atoms with van der Waals surface area (Å²) in [6.07, 6.45) is 5.17. The van der Waals surface area contributed by atoms with Crippen molar-refractivity contribution < 1.29 is 18.7 Å². The van der Waals surface area contributed by atoms with E-state index in [1.54, 1.807) is 6.07 Å². The van der Waals surface area contributed by atoms with E-state index in [2.05, 4.69) is 6.08 Å². The molecule has 5 nitrogen and oxygen atoms in total. The Bertz CT molecular complexity index is 623. The molecule has 1 aromatic rings. The molecular formula is C17H21NO4. The maximum atomic E-state index is 12.4. The van der Waals surface area contributed by atoms with Crippen LogP contribution in [-0.2, 0) is 4.74 Å². The molecule has 0 aliphatic carbocycles. The fraction of sp³-hybridized carbons (Fsp3) is 0.529. The van der Waals surface area contributed by atoms with Gasteiger partial charge in [-0.1, -0.05) is 6.08 Å². The van der Waals surface area contributed by atoms with Crippen molar-refractivity contribution in [1.29, 1.82) is 0 Å². The van der Waals surface area contributed by atoms with Crippen LogP contribution in [0.2, 0.25) is 0 Å². The maximum Gasteiger partial charge on any atom is 0.411 e. The quantitative estimate of drug-likeness (QED) is 0.782. The van der Waals surface area contributed by atoms with Crippen molar-refractivity contribution in [2.75, 3.05) is 0 Å². The van der Waals surface area contributed by atoms with Crippen molar-refractivity contribution in [1.82, 2.24) is 4.90 Å². The fourth-order valence-corrected chi connectivity index (χ4v) is 3.20. The number of furan rings is 1. The third-order valence-corrected chi connectivity index (χ3v) is 4.06. The Morgan fingerprint density at radius 2 is 2.14 bits per heavy atom. The lowest BCUT2D eigenvalue weighted by atomic mass is 9.99. The van der Waals surface area contributed by atoms with Gasteiger partial charge in [-0.3, -0.25) is 9.69 Å². The van der Waals surface area contributed by atoms with Crippen molar-refractivity contribution in [2.24, 2.45) is 0 Å². The summed E-state index contributed by atoms with van der Waals surface area (Å²) in [6, 6.07) is 3.68. The lowest BCUT2D eigenvalue weighted by Crippen LogP contribution is -2.45. The van der Waals surface area contributed by atoms with Crippen molar-refractivity contribution in [3.05, 3.63) is 29.7 Å². The zero-order valence-electron chi connectivity index (χ0n) is 13.2. The first kappa shape index (κ1) is 14.9.